The molecule has 6 heteroatoms. The molecule has 4 nitrogen and oxygen atoms in total. The lowest BCUT2D eigenvalue weighted by molar-refractivity contribution is 0.585. The fourth-order valence-electron chi connectivity index (χ4n) is 2.27. The average molecular weight is 286 g/mol. The highest BCUT2D eigenvalue weighted by Gasteiger charge is 2.24. The molecule has 0 bridgehead atoms. The van der Waals surface area contributed by atoms with Crippen LogP contribution in [0.1, 0.15) is 24.1 Å². The van der Waals surface area contributed by atoms with Gasteiger partial charge >= 0.3 is 0 Å². The van der Waals surface area contributed by atoms with E-state index >= 15 is 0 Å². The molecule has 1 aliphatic heterocycles. The zero-order chi connectivity index (χ0) is 14.2. The van der Waals surface area contributed by atoms with Crippen molar-refractivity contribution in [1.29, 1.82) is 0 Å². The molecule has 1 aliphatic rings. The standard InChI is InChI=1S/C13H19FN2O2S/c1-9-7-13(11(10(2)15)8-12(9)14)16-3-5-19(17,18)6-4-16/h7-8,10H,3-6,15H2,1-2H3/t10-/m0/s1. The van der Waals surface area contributed by atoms with Gasteiger partial charge in [-0.2, -0.15) is 0 Å². The molecule has 19 heavy (non-hydrogen) atoms. The number of rotatable bonds is 2. The Hall–Kier alpha value is -1.14. The number of benzene rings is 1. The van der Waals surface area contributed by atoms with Crippen LogP contribution >= 0.6 is 0 Å². The van der Waals surface area contributed by atoms with Crippen LogP contribution in [0.25, 0.3) is 0 Å². The summed E-state index contributed by atoms with van der Waals surface area (Å²) in [5.41, 5.74) is 8.01. The first-order valence-corrected chi connectivity index (χ1v) is 8.13. The van der Waals surface area contributed by atoms with E-state index in [2.05, 4.69) is 0 Å². The number of halogens is 1. The van der Waals surface area contributed by atoms with Gasteiger partial charge in [0, 0.05) is 24.8 Å². The van der Waals surface area contributed by atoms with E-state index in [0.29, 0.717) is 18.7 Å². The maximum Gasteiger partial charge on any atom is 0.153 e. The van der Waals surface area contributed by atoms with E-state index in [-0.39, 0.29) is 23.4 Å². The molecule has 0 amide bonds. The molecule has 1 heterocycles. The zero-order valence-corrected chi connectivity index (χ0v) is 12.0. The molecular formula is C13H19FN2O2S. The Morgan fingerprint density at radius 2 is 1.89 bits per heavy atom. The van der Waals surface area contributed by atoms with E-state index in [0.717, 1.165) is 11.3 Å². The molecule has 0 aliphatic carbocycles. The third kappa shape index (κ3) is 3.06. The molecule has 2 N–H and O–H groups in total. The summed E-state index contributed by atoms with van der Waals surface area (Å²) in [6.07, 6.45) is 0. The summed E-state index contributed by atoms with van der Waals surface area (Å²) in [5, 5.41) is 0. The zero-order valence-electron chi connectivity index (χ0n) is 11.2. The minimum absolute atomic E-state index is 0.141. The number of nitrogens with zero attached hydrogens (tertiary/aromatic N) is 1. The average Bonchev–Trinajstić information content (AvgIpc) is 2.32. The van der Waals surface area contributed by atoms with Crippen LogP contribution in [0, 0.1) is 12.7 Å². The molecule has 0 unspecified atom stereocenters. The SMILES string of the molecule is Cc1cc(N2CCS(=O)(=O)CC2)c([C@H](C)N)cc1F. The van der Waals surface area contributed by atoms with Crippen LogP contribution in [0.5, 0.6) is 0 Å². The first-order valence-electron chi connectivity index (χ1n) is 6.31. The van der Waals surface area contributed by atoms with Crippen LogP contribution in [0.2, 0.25) is 0 Å². The Bertz CT molecular complexity index is 571. The fourth-order valence-corrected chi connectivity index (χ4v) is 3.47. The summed E-state index contributed by atoms with van der Waals surface area (Å²) in [6.45, 7) is 4.37. The topological polar surface area (TPSA) is 63.4 Å². The Kier molecular flexibility index (Phi) is 3.82. The highest BCUT2D eigenvalue weighted by Crippen LogP contribution is 2.29. The molecule has 0 saturated carbocycles. The number of aryl methyl sites for hydroxylation is 1. The molecule has 0 spiro atoms. The predicted molar refractivity (Wildman–Crippen MR) is 74.6 cm³/mol. The van der Waals surface area contributed by atoms with Crippen molar-refractivity contribution in [2.45, 2.75) is 19.9 Å². The quantitative estimate of drug-likeness (QED) is 0.892. The summed E-state index contributed by atoms with van der Waals surface area (Å²) in [7, 11) is -2.92. The number of nitrogens with two attached hydrogens (primary N) is 1. The summed E-state index contributed by atoms with van der Waals surface area (Å²) in [6, 6.07) is 2.92. The largest absolute Gasteiger partial charge is 0.369 e. The maximum atomic E-state index is 13.6. The van der Waals surface area contributed by atoms with Crippen molar-refractivity contribution in [3.8, 4) is 0 Å². The second-order valence-electron chi connectivity index (χ2n) is 5.09. The van der Waals surface area contributed by atoms with Crippen molar-refractivity contribution >= 4 is 15.5 Å². The summed E-state index contributed by atoms with van der Waals surface area (Å²) in [5.74, 6) is 0.00423. The van der Waals surface area contributed by atoms with Gasteiger partial charge in [-0.25, -0.2) is 12.8 Å². The van der Waals surface area contributed by atoms with Gasteiger partial charge in [-0.3, -0.25) is 0 Å². The normalized spacial score (nSPS) is 20.3. The monoisotopic (exact) mass is 286 g/mol. The molecule has 2 rings (SSSR count). The van der Waals surface area contributed by atoms with Crippen molar-refractivity contribution in [2.24, 2.45) is 5.73 Å². The van der Waals surface area contributed by atoms with Gasteiger partial charge in [0.2, 0.25) is 0 Å². The van der Waals surface area contributed by atoms with Gasteiger partial charge in [0.15, 0.2) is 9.84 Å². The van der Waals surface area contributed by atoms with Crippen molar-refractivity contribution in [3.63, 3.8) is 0 Å². The minimum Gasteiger partial charge on any atom is -0.369 e. The van der Waals surface area contributed by atoms with Crippen molar-refractivity contribution in [1.82, 2.24) is 0 Å². The molecule has 1 saturated heterocycles. The lowest BCUT2D eigenvalue weighted by Gasteiger charge is -2.31. The number of hydrogen-bond acceptors (Lipinski definition) is 4. The van der Waals surface area contributed by atoms with Gasteiger partial charge in [-0.15, -0.1) is 0 Å². The van der Waals surface area contributed by atoms with Crippen LogP contribution in [0.4, 0.5) is 10.1 Å². The van der Waals surface area contributed by atoms with Crippen LogP contribution in [0.15, 0.2) is 12.1 Å². The van der Waals surface area contributed by atoms with E-state index in [1.165, 1.54) is 6.07 Å². The van der Waals surface area contributed by atoms with E-state index in [1.807, 2.05) is 4.90 Å². The molecule has 0 radical (unpaired) electrons. The van der Waals surface area contributed by atoms with Gasteiger partial charge in [-0.1, -0.05) is 0 Å². The third-order valence-corrected chi connectivity index (χ3v) is 5.09. The lowest BCUT2D eigenvalue weighted by atomic mass is 10.0. The van der Waals surface area contributed by atoms with E-state index < -0.39 is 9.84 Å². The first kappa shape index (κ1) is 14.3. The Morgan fingerprint density at radius 1 is 1.32 bits per heavy atom. The highest BCUT2D eigenvalue weighted by molar-refractivity contribution is 7.91. The predicted octanol–water partition coefficient (Wildman–Crippen LogP) is 1.39. The summed E-state index contributed by atoms with van der Waals surface area (Å²) >= 11 is 0. The summed E-state index contributed by atoms with van der Waals surface area (Å²) < 4.78 is 36.6. The maximum absolute atomic E-state index is 13.6. The number of hydrogen-bond donors (Lipinski definition) is 1. The van der Waals surface area contributed by atoms with Crippen LogP contribution in [0.3, 0.4) is 0 Å². The molecule has 1 atom stereocenters. The number of sulfone groups is 1. The van der Waals surface area contributed by atoms with Crippen molar-refractivity contribution in [2.75, 3.05) is 29.5 Å². The highest BCUT2D eigenvalue weighted by atomic mass is 32.2. The fraction of sp³-hybridized carbons (Fsp3) is 0.538. The van der Waals surface area contributed by atoms with Crippen LogP contribution in [-0.4, -0.2) is 33.0 Å². The third-order valence-electron chi connectivity index (χ3n) is 3.48. The molecule has 0 aromatic heterocycles. The minimum atomic E-state index is -2.92. The number of anilines is 1. The molecule has 1 aromatic rings. The Morgan fingerprint density at radius 3 is 2.42 bits per heavy atom. The van der Waals surface area contributed by atoms with Gasteiger partial charge in [0.25, 0.3) is 0 Å². The van der Waals surface area contributed by atoms with Crippen molar-refractivity contribution in [3.05, 3.63) is 29.1 Å². The van der Waals surface area contributed by atoms with Gasteiger partial charge in [0.1, 0.15) is 5.82 Å². The second kappa shape index (κ2) is 5.09. The smallest absolute Gasteiger partial charge is 0.153 e. The second-order valence-corrected chi connectivity index (χ2v) is 7.39. The lowest BCUT2D eigenvalue weighted by Crippen LogP contribution is -2.41. The molecular weight excluding hydrogens is 267 g/mol. The molecule has 1 fully saturated rings. The first-order chi connectivity index (χ1) is 8.80. The van der Waals surface area contributed by atoms with Crippen LogP contribution in [-0.2, 0) is 9.84 Å². The van der Waals surface area contributed by atoms with Crippen LogP contribution < -0.4 is 10.6 Å². The molecule has 1 aromatic carbocycles. The van der Waals surface area contributed by atoms with E-state index in [1.54, 1.807) is 19.9 Å². The van der Waals surface area contributed by atoms with Gasteiger partial charge in [0.05, 0.1) is 11.5 Å². The summed E-state index contributed by atoms with van der Waals surface area (Å²) in [4.78, 5) is 1.98. The Balaban J connectivity index is 2.36. The van der Waals surface area contributed by atoms with E-state index in [9.17, 15) is 12.8 Å². The van der Waals surface area contributed by atoms with E-state index in [4.69, 9.17) is 5.73 Å². The van der Waals surface area contributed by atoms with Gasteiger partial charge < -0.3 is 10.6 Å². The Labute approximate surface area is 113 Å². The van der Waals surface area contributed by atoms with Gasteiger partial charge in [-0.05, 0) is 37.1 Å². The van der Waals surface area contributed by atoms with Crippen molar-refractivity contribution < 1.29 is 12.8 Å². The molecule has 106 valence electrons.